The Morgan fingerprint density at radius 3 is 2.62 bits per heavy atom. The molecular weight excluding hydrogens is 355 g/mol. The number of amides is 1. The van der Waals surface area contributed by atoms with Gasteiger partial charge in [-0.1, -0.05) is 40.3 Å². The van der Waals surface area contributed by atoms with E-state index in [1.165, 1.54) is 12.1 Å². The fraction of sp³-hybridized carbons (Fsp3) is 0.0667. The molecule has 1 amide bonds. The SMILES string of the molecule is Cc1c(Br)cccc1C(=O)Nc1cccc(F)c1C(N)=S. The van der Waals surface area contributed by atoms with Crippen molar-refractivity contribution in [3.05, 3.63) is 63.4 Å². The number of halogens is 2. The van der Waals surface area contributed by atoms with Crippen molar-refractivity contribution in [3.8, 4) is 0 Å². The van der Waals surface area contributed by atoms with E-state index in [9.17, 15) is 9.18 Å². The maximum absolute atomic E-state index is 13.8. The van der Waals surface area contributed by atoms with Crippen LogP contribution in [0.25, 0.3) is 0 Å². The van der Waals surface area contributed by atoms with Crippen LogP contribution in [-0.2, 0) is 0 Å². The summed E-state index contributed by atoms with van der Waals surface area (Å²) in [6, 6.07) is 9.58. The number of anilines is 1. The molecule has 0 bridgehead atoms. The van der Waals surface area contributed by atoms with Crippen LogP contribution < -0.4 is 11.1 Å². The van der Waals surface area contributed by atoms with Gasteiger partial charge in [-0.05, 0) is 36.8 Å². The molecular formula is C15H12BrFN2OS. The van der Waals surface area contributed by atoms with Crippen molar-refractivity contribution in [1.82, 2.24) is 0 Å². The van der Waals surface area contributed by atoms with E-state index in [0.29, 0.717) is 5.56 Å². The molecule has 2 aromatic carbocycles. The highest BCUT2D eigenvalue weighted by atomic mass is 79.9. The molecule has 21 heavy (non-hydrogen) atoms. The van der Waals surface area contributed by atoms with Crippen molar-refractivity contribution in [2.45, 2.75) is 6.92 Å². The third-order valence-electron chi connectivity index (χ3n) is 3.02. The van der Waals surface area contributed by atoms with E-state index in [-0.39, 0.29) is 22.1 Å². The Bertz CT molecular complexity index is 734. The molecule has 0 aromatic heterocycles. The highest BCUT2D eigenvalue weighted by Crippen LogP contribution is 2.23. The Morgan fingerprint density at radius 2 is 1.95 bits per heavy atom. The normalized spacial score (nSPS) is 10.2. The lowest BCUT2D eigenvalue weighted by molar-refractivity contribution is 0.102. The van der Waals surface area contributed by atoms with Gasteiger partial charge in [-0.25, -0.2) is 4.39 Å². The van der Waals surface area contributed by atoms with Crippen molar-refractivity contribution < 1.29 is 9.18 Å². The van der Waals surface area contributed by atoms with E-state index >= 15 is 0 Å². The molecule has 3 N–H and O–H groups in total. The lowest BCUT2D eigenvalue weighted by Gasteiger charge is -2.12. The van der Waals surface area contributed by atoms with Crippen LogP contribution in [0, 0.1) is 12.7 Å². The standard InChI is InChI=1S/C15H12BrFN2OS/c1-8-9(4-2-5-10(8)16)15(20)19-12-7-3-6-11(17)13(12)14(18)21/h2-7H,1H3,(H2,18,21)(H,19,20). The minimum atomic E-state index is -0.564. The summed E-state index contributed by atoms with van der Waals surface area (Å²) >= 11 is 8.20. The van der Waals surface area contributed by atoms with Gasteiger partial charge in [0.25, 0.3) is 5.91 Å². The minimum absolute atomic E-state index is 0.0356. The van der Waals surface area contributed by atoms with Crippen LogP contribution >= 0.6 is 28.1 Å². The fourth-order valence-corrected chi connectivity index (χ4v) is 2.50. The van der Waals surface area contributed by atoms with Crippen molar-refractivity contribution in [2.75, 3.05) is 5.32 Å². The number of hydrogen-bond donors (Lipinski definition) is 2. The van der Waals surface area contributed by atoms with Gasteiger partial charge in [0.15, 0.2) is 0 Å². The van der Waals surface area contributed by atoms with E-state index < -0.39 is 5.82 Å². The van der Waals surface area contributed by atoms with Gasteiger partial charge >= 0.3 is 0 Å². The largest absolute Gasteiger partial charge is 0.389 e. The molecule has 6 heteroatoms. The zero-order chi connectivity index (χ0) is 15.6. The number of rotatable bonds is 3. The average Bonchev–Trinajstić information content (AvgIpc) is 2.41. The summed E-state index contributed by atoms with van der Waals surface area (Å²) in [5.41, 5.74) is 7.09. The number of carbonyl (C=O) groups excluding carboxylic acids is 1. The van der Waals surface area contributed by atoms with Crippen LogP contribution in [0.2, 0.25) is 0 Å². The van der Waals surface area contributed by atoms with Gasteiger partial charge in [0.05, 0.1) is 11.3 Å². The van der Waals surface area contributed by atoms with Gasteiger partial charge in [-0.15, -0.1) is 0 Å². The number of nitrogens with two attached hydrogens (primary N) is 1. The molecule has 0 saturated heterocycles. The van der Waals surface area contributed by atoms with Crippen LogP contribution in [0.3, 0.4) is 0 Å². The first-order chi connectivity index (χ1) is 9.91. The van der Waals surface area contributed by atoms with Gasteiger partial charge in [-0.3, -0.25) is 4.79 Å². The molecule has 0 fully saturated rings. The molecule has 2 rings (SSSR count). The topological polar surface area (TPSA) is 55.1 Å². The molecule has 0 spiro atoms. The molecule has 2 aromatic rings. The van der Waals surface area contributed by atoms with Crippen LogP contribution in [0.15, 0.2) is 40.9 Å². The van der Waals surface area contributed by atoms with Gasteiger partial charge in [0, 0.05) is 10.0 Å². The number of carbonyl (C=O) groups is 1. The Kier molecular flexibility index (Phi) is 4.69. The lowest BCUT2D eigenvalue weighted by Crippen LogP contribution is -2.19. The van der Waals surface area contributed by atoms with Gasteiger partial charge in [0.2, 0.25) is 0 Å². The van der Waals surface area contributed by atoms with Crippen molar-refractivity contribution in [2.24, 2.45) is 5.73 Å². The van der Waals surface area contributed by atoms with Crippen LogP contribution in [-0.4, -0.2) is 10.9 Å². The molecule has 108 valence electrons. The van der Waals surface area contributed by atoms with E-state index in [1.807, 2.05) is 13.0 Å². The summed E-state index contributed by atoms with van der Waals surface area (Å²) in [5.74, 6) is -0.914. The first-order valence-corrected chi connectivity index (χ1v) is 7.26. The molecule has 0 aliphatic carbocycles. The second-order valence-electron chi connectivity index (χ2n) is 4.39. The quantitative estimate of drug-likeness (QED) is 0.812. The summed E-state index contributed by atoms with van der Waals surface area (Å²) in [4.78, 5) is 12.2. The molecule has 0 saturated carbocycles. The van der Waals surface area contributed by atoms with Crippen LogP contribution in [0.5, 0.6) is 0 Å². The summed E-state index contributed by atoms with van der Waals surface area (Å²) in [7, 11) is 0. The van der Waals surface area contributed by atoms with Crippen LogP contribution in [0.1, 0.15) is 21.5 Å². The molecule has 0 aliphatic heterocycles. The second kappa shape index (κ2) is 6.32. The summed E-state index contributed by atoms with van der Waals surface area (Å²) < 4.78 is 14.6. The lowest BCUT2D eigenvalue weighted by atomic mass is 10.1. The van der Waals surface area contributed by atoms with E-state index in [2.05, 4.69) is 21.2 Å². The number of thiocarbonyl (C=S) groups is 1. The smallest absolute Gasteiger partial charge is 0.255 e. The number of hydrogen-bond acceptors (Lipinski definition) is 2. The third kappa shape index (κ3) is 3.28. The first-order valence-electron chi connectivity index (χ1n) is 6.06. The summed E-state index contributed by atoms with van der Waals surface area (Å²) in [5, 5.41) is 2.65. The zero-order valence-corrected chi connectivity index (χ0v) is 13.5. The summed E-state index contributed by atoms with van der Waals surface area (Å²) in [6.45, 7) is 1.82. The van der Waals surface area contributed by atoms with Gasteiger partial charge < -0.3 is 11.1 Å². The molecule has 0 atom stereocenters. The average molecular weight is 367 g/mol. The summed E-state index contributed by atoms with van der Waals surface area (Å²) in [6.07, 6.45) is 0. The second-order valence-corrected chi connectivity index (χ2v) is 5.69. The maximum Gasteiger partial charge on any atom is 0.255 e. The first kappa shape index (κ1) is 15.6. The zero-order valence-electron chi connectivity index (χ0n) is 11.1. The predicted molar refractivity (Wildman–Crippen MR) is 89.1 cm³/mol. The minimum Gasteiger partial charge on any atom is -0.389 e. The highest BCUT2D eigenvalue weighted by Gasteiger charge is 2.16. The van der Waals surface area contributed by atoms with Crippen molar-refractivity contribution in [1.29, 1.82) is 0 Å². The monoisotopic (exact) mass is 366 g/mol. The Morgan fingerprint density at radius 1 is 1.29 bits per heavy atom. The van der Waals surface area contributed by atoms with Gasteiger partial charge in [0.1, 0.15) is 10.8 Å². The van der Waals surface area contributed by atoms with E-state index in [0.717, 1.165) is 10.0 Å². The van der Waals surface area contributed by atoms with Gasteiger partial charge in [-0.2, -0.15) is 0 Å². The fourth-order valence-electron chi connectivity index (χ4n) is 1.92. The van der Waals surface area contributed by atoms with Crippen LogP contribution in [0.4, 0.5) is 10.1 Å². The Labute approximate surface area is 135 Å². The molecule has 0 heterocycles. The number of benzene rings is 2. The Balaban J connectivity index is 2.39. The predicted octanol–water partition coefficient (Wildman–Crippen LogP) is 3.78. The molecule has 0 radical (unpaired) electrons. The third-order valence-corrected chi connectivity index (χ3v) is 4.08. The van der Waals surface area contributed by atoms with E-state index in [4.69, 9.17) is 18.0 Å². The Hall–Kier alpha value is -1.79. The van der Waals surface area contributed by atoms with E-state index in [1.54, 1.807) is 18.2 Å². The number of nitrogens with one attached hydrogen (secondary N) is 1. The molecule has 0 unspecified atom stereocenters. The van der Waals surface area contributed by atoms with Crippen molar-refractivity contribution in [3.63, 3.8) is 0 Å². The van der Waals surface area contributed by atoms with Crippen molar-refractivity contribution >= 4 is 44.7 Å². The molecule has 0 aliphatic rings. The highest BCUT2D eigenvalue weighted by molar-refractivity contribution is 9.10. The maximum atomic E-state index is 13.8. The molecule has 3 nitrogen and oxygen atoms in total.